The van der Waals surface area contributed by atoms with Crippen LogP contribution in [0, 0.1) is 0 Å². The number of benzene rings is 1. The van der Waals surface area contributed by atoms with Gasteiger partial charge in [0.05, 0.1) is 7.05 Å². The lowest BCUT2D eigenvalue weighted by Crippen LogP contribution is -2.62. The van der Waals surface area contributed by atoms with Crippen molar-refractivity contribution < 1.29 is 4.48 Å². The number of hydrogen-bond donors (Lipinski definition) is 0. The minimum absolute atomic E-state index is 0.458. The highest BCUT2D eigenvalue weighted by molar-refractivity contribution is 6.71. The van der Waals surface area contributed by atoms with E-state index in [2.05, 4.69) is 67.5 Å². The summed E-state index contributed by atoms with van der Waals surface area (Å²) in [5.74, 6) is 0. The predicted molar refractivity (Wildman–Crippen MR) is 75.7 cm³/mol. The van der Waals surface area contributed by atoms with E-state index in [1.54, 1.807) is 0 Å². The molecule has 1 heterocycles. The molecule has 17 heavy (non-hydrogen) atoms. The average Bonchev–Trinajstić information content (AvgIpc) is 2.72. The van der Waals surface area contributed by atoms with Crippen LogP contribution in [0.5, 0.6) is 0 Å². The van der Waals surface area contributed by atoms with E-state index in [-0.39, 0.29) is 0 Å². The lowest BCUT2D eigenvalue weighted by atomic mass is 9.30. The molecule has 0 aliphatic carbocycles. The van der Waals surface area contributed by atoms with Gasteiger partial charge in [0.1, 0.15) is 5.52 Å². The summed E-state index contributed by atoms with van der Waals surface area (Å²) in [5, 5.41) is 0. The van der Waals surface area contributed by atoms with Crippen molar-refractivity contribution in [3.63, 3.8) is 0 Å². The number of aromatic nitrogens is 2. The zero-order valence-corrected chi connectivity index (χ0v) is 11.5. The van der Waals surface area contributed by atoms with Gasteiger partial charge < -0.3 is 4.48 Å². The van der Waals surface area contributed by atoms with Crippen molar-refractivity contribution in [1.29, 1.82) is 0 Å². The lowest BCUT2D eigenvalue weighted by molar-refractivity contribution is -0.520. The van der Waals surface area contributed by atoms with E-state index in [9.17, 15) is 0 Å². The quantitative estimate of drug-likeness (QED) is 0.712. The summed E-state index contributed by atoms with van der Waals surface area (Å²) in [6, 6.07) is 8.70. The molecule has 0 saturated carbocycles. The number of fused-ring (bicyclic) bond motifs is 1. The highest BCUT2D eigenvalue weighted by Crippen LogP contribution is 2.20. The maximum atomic E-state index is 2.54. The lowest BCUT2D eigenvalue weighted by Gasteiger charge is -2.33. The summed E-state index contributed by atoms with van der Waals surface area (Å²) in [7, 11) is 2.14. The van der Waals surface area contributed by atoms with Crippen LogP contribution in [-0.2, 0) is 7.05 Å². The minimum atomic E-state index is -0.458. The van der Waals surface area contributed by atoms with Gasteiger partial charge in [0, 0.05) is 0 Å². The van der Waals surface area contributed by atoms with Gasteiger partial charge in [-0.25, -0.2) is 4.57 Å². The Hall–Kier alpha value is -1.25. The number of rotatable bonds is 4. The van der Waals surface area contributed by atoms with Gasteiger partial charge in [0.25, 0.3) is 0 Å². The molecule has 0 radical (unpaired) electrons. The first-order valence-electron chi connectivity index (χ1n) is 6.84. The van der Waals surface area contributed by atoms with Crippen LogP contribution in [0.2, 0.25) is 19.0 Å². The Balaban J connectivity index is 2.70. The third-order valence-corrected chi connectivity index (χ3v) is 4.71. The van der Waals surface area contributed by atoms with Gasteiger partial charge in [-0.05, 0) is 12.1 Å². The van der Waals surface area contributed by atoms with Crippen molar-refractivity contribution in [3.05, 3.63) is 30.6 Å². The number of hydrogen-bond acceptors (Lipinski definition) is 0. The second kappa shape index (κ2) is 4.56. The van der Waals surface area contributed by atoms with Gasteiger partial charge in [-0.2, -0.15) is 0 Å². The van der Waals surface area contributed by atoms with Gasteiger partial charge in [-0.15, -0.1) is 19.0 Å². The molecule has 0 aliphatic rings. The normalized spacial score (nSPS) is 12.2. The molecular formula is C14H23BN2. The van der Waals surface area contributed by atoms with E-state index in [1.165, 1.54) is 30.0 Å². The molecule has 1 aromatic heterocycles. The topological polar surface area (TPSA) is 8.81 Å². The predicted octanol–water partition coefficient (Wildman–Crippen LogP) is 3.32. The monoisotopic (exact) mass is 230 g/mol. The summed E-state index contributed by atoms with van der Waals surface area (Å²) in [4.78, 5) is 0. The first-order valence-corrected chi connectivity index (χ1v) is 6.84. The highest BCUT2D eigenvalue weighted by atomic mass is 15.1. The Morgan fingerprint density at radius 1 is 1.06 bits per heavy atom. The Labute approximate surface area is 104 Å². The average molecular weight is 230 g/mol. The number of nitrogens with zero attached hydrogens (tertiary/aromatic N) is 2. The number of imidazole rings is 1. The fraction of sp³-hybridized carbons (Fsp3) is 0.500. The molecule has 0 unspecified atom stereocenters. The molecule has 0 saturated heterocycles. The molecule has 0 amide bonds. The van der Waals surface area contributed by atoms with Crippen LogP contribution in [-0.4, -0.2) is 10.8 Å². The van der Waals surface area contributed by atoms with Gasteiger partial charge in [-0.1, -0.05) is 32.9 Å². The molecule has 92 valence electrons. The summed E-state index contributed by atoms with van der Waals surface area (Å²) < 4.78 is 4.78. The molecule has 0 N–H and O–H groups in total. The van der Waals surface area contributed by atoms with Crippen molar-refractivity contribution in [2.24, 2.45) is 7.05 Å². The zero-order valence-electron chi connectivity index (χ0n) is 11.5. The molecule has 0 atom stereocenters. The summed E-state index contributed by atoms with van der Waals surface area (Å²) >= 11 is 0. The van der Waals surface area contributed by atoms with Gasteiger partial charge in [0.2, 0.25) is 0 Å². The van der Waals surface area contributed by atoms with Crippen LogP contribution in [0.3, 0.4) is 0 Å². The van der Waals surface area contributed by atoms with E-state index < -0.39 is 6.28 Å². The summed E-state index contributed by atoms with van der Waals surface area (Å²) in [6.45, 7) is 6.96. The highest BCUT2D eigenvalue weighted by Gasteiger charge is 2.29. The molecule has 1 aromatic carbocycles. The molecule has 0 fully saturated rings. The third-order valence-electron chi connectivity index (χ3n) is 4.71. The zero-order chi connectivity index (χ0) is 12.5. The smallest absolute Gasteiger partial charge is 0.197 e. The van der Waals surface area contributed by atoms with E-state index in [0.29, 0.717) is 0 Å². The Kier molecular flexibility index (Phi) is 3.27. The Morgan fingerprint density at radius 2 is 1.65 bits per heavy atom. The molecule has 0 bridgehead atoms. The van der Waals surface area contributed by atoms with E-state index in [1.807, 2.05) is 0 Å². The van der Waals surface area contributed by atoms with Crippen molar-refractivity contribution in [2.45, 2.75) is 39.7 Å². The fourth-order valence-electron chi connectivity index (χ4n) is 3.18. The molecule has 3 heteroatoms. The Morgan fingerprint density at radius 3 is 2.24 bits per heavy atom. The number of aryl methyl sites for hydroxylation is 1. The van der Waals surface area contributed by atoms with Gasteiger partial charge in [0.15, 0.2) is 18.1 Å². The SMILES string of the molecule is CC[B-](CC)(CC)[n+]1cn(C)c2ccccc21. The second-order valence-electron chi connectivity index (χ2n) is 5.26. The van der Waals surface area contributed by atoms with Crippen molar-refractivity contribution in [2.75, 3.05) is 0 Å². The van der Waals surface area contributed by atoms with Crippen LogP contribution >= 0.6 is 0 Å². The second-order valence-corrected chi connectivity index (χ2v) is 5.26. The van der Waals surface area contributed by atoms with Crippen LogP contribution in [0.4, 0.5) is 0 Å². The van der Waals surface area contributed by atoms with E-state index >= 15 is 0 Å². The van der Waals surface area contributed by atoms with Crippen LogP contribution < -0.4 is 4.48 Å². The van der Waals surface area contributed by atoms with Gasteiger partial charge in [-0.3, -0.25) is 0 Å². The van der Waals surface area contributed by atoms with E-state index in [0.717, 1.165) is 0 Å². The largest absolute Gasteiger partial charge is 0.429 e. The van der Waals surface area contributed by atoms with Crippen molar-refractivity contribution in [1.82, 2.24) is 4.57 Å². The first kappa shape index (κ1) is 12.2. The molecule has 0 aliphatic heterocycles. The van der Waals surface area contributed by atoms with Crippen molar-refractivity contribution >= 4 is 17.3 Å². The van der Waals surface area contributed by atoms with E-state index in [4.69, 9.17) is 0 Å². The van der Waals surface area contributed by atoms with Crippen LogP contribution in [0.15, 0.2) is 30.6 Å². The third kappa shape index (κ3) is 1.78. The first-order chi connectivity index (χ1) is 8.18. The van der Waals surface area contributed by atoms with Crippen molar-refractivity contribution in [3.8, 4) is 0 Å². The maximum Gasteiger partial charge on any atom is 0.197 e. The Bertz CT molecular complexity index is 504. The van der Waals surface area contributed by atoms with Gasteiger partial charge >= 0.3 is 0 Å². The number of para-hydroxylation sites is 2. The minimum Gasteiger partial charge on any atom is -0.429 e. The fourth-order valence-corrected chi connectivity index (χ4v) is 3.18. The summed E-state index contributed by atoms with van der Waals surface area (Å²) in [5.41, 5.74) is 2.70. The molecule has 2 nitrogen and oxygen atoms in total. The van der Waals surface area contributed by atoms with Crippen LogP contribution in [0.25, 0.3) is 11.0 Å². The molecule has 2 aromatic rings. The molecule has 2 rings (SSSR count). The maximum absolute atomic E-state index is 2.54. The summed E-state index contributed by atoms with van der Waals surface area (Å²) in [6.07, 6.45) is 5.55. The standard InChI is InChI=1S/C14H23BN2/c1-5-15(6-2,7-3)17-12-16(4)13-10-8-9-11-14(13)17/h8-12H,5-7H2,1-4H3. The molecular weight excluding hydrogens is 207 g/mol. The van der Waals surface area contributed by atoms with Crippen LogP contribution in [0.1, 0.15) is 20.8 Å². The molecule has 0 spiro atoms.